The summed E-state index contributed by atoms with van der Waals surface area (Å²) in [7, 11) is 0. The van der Waals surface area contributed by atoms with Gasteiger partial charge in [-0.3, -0.25) is 0 Å². The van der Waals surface area contributed by atoms with Crippen molar-refractivity contribution in [1.29, 1.82) is 0 Å². The van der Waals surface area contributed by atoms with Crippen molar-refractivity contribution in [3.63, 3.8) is 0 Å². The van der Waals surface area contributed by atoms with Crippen molar-refractivity contribution in [2.75, 3.05) is 0 Å². The van der Waals surface area contributed by atoms with E-state index in [0.29, 0.717) is 15.7 Å². The van der Waals surface area contributed by atoms with Gasteiger partial charge in [0.05, 0.1) is 15.7 Å². The van der Waals surface area contributed by atoms with Crippen LogP contribution in [0.3, 0.4) is 0 Å². The van der Waals surface area contributed by atoms with Gasteiger partial charge in [0.2, 0.25) is 0 Å². The maximum atomic E-state index is 12.4. The number of rotatable bonds is 2. The first-order valence-corrected chi connectivity index (χ1v) is 5.61. The monoisotopic (exact) mass is 296 g/mol. The van der Waals surface area contributed by atoms with Gasteiger partial charge < -0.3 is 0 Å². The zero-order valence-electron chi connectivity index (χ0n) is 8.17. The van der Waals surface area contributed by atoms with Gasteiger partial charge in [-0.2, -0.15) is 5.10 Å². The first-order valence-electron chi connectivity index (χ1n) is 4.48. The molecular formula is C10H5Cl3F2N2. The third-order valence-electron chi connectivity index (χ3n) is 2.06. The SMILES string of the molecule is FC(F)c1cc(Cl)n(-c2ccc(Cl)c(Cl)c2)n1. The van der Waals surface area contributed by atoms with Crippen LogP contribution in [0, 0.1) is 0 Å². The predicted molar refractivity (Wildman–Crippen MR) is 63.6 cm³/mol. The molecule has 0 bridgehead atoms. The van der Waals surface area contributed by atoms with Crippen LogP contribution in [0.5, 0.6) is 0 Å². The lowest BCUT2D eigenvalue weighted by Crippen LogP contribution is -1.97. The van der Waals surface area contributed by atoms with Crippen LogP contribution in [-0.2, 0) is 0 Å². The summed E-state index contributed by atoms with van der Waals surface area (Å²) in [5.74, 6) is 0. The Kier molecular flexibility index (Phi) is 3.56. The Morgan fingerprint density at radius 2 is 1.76 bits per heavy atom. The second kappa shape index (κ2) is 4.80. The van der Waals surface area contributed by atoms with Crippen molar-refractivity contribution in [3.8, 4) is 5.69 Å². The van der Waals surface area contributed by atoms with Gasteiger partial charge in [0.15, 0.2) is 0 Å². The van der Waals surface area contributed by atoms with E-state index in [1.807, 2.05) is 0 Å². The third-order valence-corrected chi connectivity index (χ3v) is 3.06. The number of halogens is 5. The molecule has 0 fully saturated rings. The lowest BCUT2D eigenvalue weighted by Gasteiger charge is -2.04. The zero-order chi connectivity index (χ0) is 12.6. The number of alkyl halides is 2. The summed E-state index contributed by atoms with van der Waals surface area (Å²) in [4.78, 5) is 0. The van der Waals surface area contributed by atoms with Crippen molar-refractivity contribution in [3.05, 3.63) is 45.2 Å². The van der Waals surface area contributed by atoms with Crippen molar-refractivity contribution < 1.29 is 8.78 Å². The largest absolute Gasteiger partial charge is 0.282 e. The number of nitrogens with zero attached hydrogens (tertiary/aromatic N) is 2. The molecule has 1 heterocycles. The fourth-order valence-corrected chi connectivity index (χ4v) is 1.82. The highest BCUT2D eigenvalue weighted by atomic mass is 35.5. The molecular weight excluding hydrogens is 292 g/mol. The minimum Gasteiger partial charge on any atom is -0.222 e. The number of hydrogen-bond acceptors (Lipinski definition) is 1. The van der Waals surface area contributed by atoms with E-state index < -0.39 is 6.43 Å². The van der Waals surface area contributed by atoms with E-state index in [1.54, 1.807) is 12.1 Å². The minimum absolute atomic E-state index is 0.0821. The average Bonchev–Trinajstić information content (AvgIpc) is 2.65. The smallest absolute Gasteiger partial charge is 0.222 e. The van der Waals surface area contributed by atoms with E-state index in [4.69, 9.17) is 34.8 Å². The molecule has 2 nitrogen and oxygen atoms in total. The quantitative estimate of drug-likeness (QED) is 0.780. The molecule has 0 saturated heterocycles. The second-order valence-corrected chi connectivity index (χ2v) is 4.40. The van der Waals surface area contributed by atoms with Gasteiger partial charge in [0.1, 0.15) is 10.8 Å². The highest BCUT2D eigenvalue weighted by Crippen LogP contribution is 2.28. The first kappa shape index (κ1) is 12.6. The maximum absolute atomic E-state index is 12.4. The van der Waals surface area contributed by atoms with Gasteiger partial charge in [-0.05, 0) is 18.2 Å². The lowest BCUT2D eigenvalue weighted by molar-refractivity contribution is 0.145. The molecule has 1 aromatic heterocycles. The Balaban J connectivity index is 2.49. The van der Waals surface area contributed by atoms with Crippen LogP contribution < -0.4 is 0 Å². The highest BCUT2D eigenvalue weighted by molar-refractivity contribution is 6.42. The minimum atomic E-state index is -2.67. The summed E-state index contributed by atoms with van der Waals surface area (Å²) in [6, 6.07) is 5.73. The summed E-state index contributed by atoms with van der Waals surface area (Å²) in [6.45, 7) is 0. The topological polar surface area (TPSA) is 17.8 Å². The molecule has 0 unspecified atom stereocenters. The second-order valence-electron chi connectivity index (χ2n) is 3.20. The van der Waals surface area contributed by atoms with Gasteiger partial charge in [-0.1, -0.05) is 34.8 Å². The van der Waals surface area contributed by atoms with E-state index in [0.717, 1.165) is 6.07 Å². The molecule has 0 radical (unpaired) electrons. The molecule has 0 aliphatic carbocycles. The van der Waals surface area contributed by atoms with E-state index in [1.165, 1.54) is 10.7 Å². The Morgan fingerprint density at radius 3 is 2.29 bits per heavy atom. The number of benzene rings is 1. The van der Waals surface area contributed by atoms with Crippen LogP contribution in [0.25, 0.3) is 5.69 Å². The van der Waals surface area contributed by atoms with Gasteiger partial charge in [-0.15, -0.1) is 0 Å². The molecule has 2 aromatic rings. The van der Waals surface area contributed by atoms with Crippen molar-refractivity contribution in [2.45, 2.75) is 6.43 Å². The highest BCUT2D eigenvalue weighted by Gasteiger charge is 2.15. The standard InChI is InChI=1S/C10H5Cl3F2N2/c11-6-2-1-5(3-7(6)12)17-9(13)4-8(16-17)10(14)15/h1-4,10H. The molecule has 0 saturated carbocycles. The Morgan fingerprint density at radius 1 is 1.06 bits per heavy atom. The van der Waals surface area contributed by atoms with Crippen LogP contribution in [0.4, 0.5) is 8.78 Å². The van der Waals surface area contributed by atoms with Crippen LogP contribution >= 0.6 is 34.8 Å². The van der Waals surface area contributed by atoms with E-state index in [-0.39, 0.29) is 10.8 Å². The van der Waals surface area contributed by atoms with E-state index in [2.05, 4.69) is 5.10 Å². The molecule has 0 N–H and O–H groups in total. The first-order chi connectivity index (χ1) is 7.99. The third kappa shape index (κ3) is 2.54. The Hall–Kier alpha value is -0.840. The molecule has 0 atom stereocenters. The van der Waals surface area contributed by atoms with Gasteiger partial charge in [0, 0.05) is 6.07 Å². The van der Waals surface area contributed by atoms with E-state index >= 15 is 0 Å². The summed E-state index contributed by atoms with van der Waals surface area (Å²) < 4.78 is 26.0. The summed E-state index contributed by atoms with van der Waals surface area (Å²) in [6.07, 6.45) is -2.67. The molecule has 0 aliphatic heterocycles. The molecule has 0 aliphatic rings. The van der Waals surface area contributed by atoms with Gasteiger partial charge in [0.25, 0.3) is 6.43 Å². The molecule has 0 amide bonds. The molecule has 17 heavy (non-hydrogen) atoms. The normalized spacial score (nSPS) is 11.2. The Bertz CT molecular complexity index is 554. The summed E-state index contributed by atoms with van der Waals surface area (Å²) in [5, 5.41) is 4.43. The van der Waals surface area contributed by atoms with Crippen molar-refractivity contribution in [1.82, 2.24) is 9.78 Å². The van der Waals surface area contributed by atoms with Crippen LogP contribution in [-0.4, -0.2) is 9.78 Å². The fraction of sp³-hybridized carbons (Fsp3) is 0.100. The number of aromatic nitrogens is 2. The van der Waals surface area contributed by atoms with Crippen molar-refractivity contribution in [2.24, 2.45) is 0 Å². The average molecular weight is 298 g/mol. The molecule has 7 heteroatoms. The molecule has 90 valence electrons. The van der Waals surface area contributed by atoms with Crippen LogP contribution in [0.2, 0.25) is 15.2 Å². The number of hydrogen-bond donors (Lipinski definition) is 0. The molecule has 0 spiro atoms. The summed E-state index contributed by atoms with van der Waals surface area (Å²) in [5.41, 5.74) is 0.0809. The van der Waals surface area contributed by atoms with Crippen LogP contribution in [0.15, 0.2) is 24.3 Å². The lowest BCUT2D eigenvalue weighted by atomic mass is 10.3. The van der Waals surface area contributed by atoms with E-state index in [9.17, 15) is 8.78 Å². The van der Waals surface area contributed by atoms with Gasteiger partial charge >= 0.3 is 0 Å². The van der Waals surface area contributed by atoms with Gasteiger partial charge in [-0.25, -0.2) is 13.5 Å². The fourth-order valence-electron chi connectivity index (χ4n) is 1.28. The summed E-state index contributed by atoms with van der Waals surface area (Å²) >= 11 is 17.4. The van der Waals surface area contributed by atoms with Crippen molar-refractivity contribution >= 4 is 34.8 Å². The molecule has 1 aromatic carbocycles. The molecule has 2 rings (SSSR count). The van der Waals surface area contributed by atoms with Crippen LogP contribution in [0.1, 0.15) is 12.1 Å². The maximum Gasteiger partial charge on any atom is 0.282 e. The Labute approximate surface area is 111 Å². The predicted octanol–water partition coefficient (Wildman–Crippen LogP) is 4.77. The zero-order valence-corrected chi connectivity index (χ0v) is 10.4.